The number of allylic oxidation sites excluding steroid dienone is 1. The second-order valence-electron chi connectivity index (χ2n) is 8.06. The molecule has 0 aliphatic heterocycles. The highest BCUT2D eigenvalue weighted by Crippen LogP contribution is 2.73. The van der Waals surface area contributed by atoms with Crippen LogP contribution in [0.1, 0.15) is 60.3 Å². The van der Waals surface area contributed by atoms with Crippen LogP contribution in [0.25, 0.3) is 0 Å². The maximum atomic E-state index is 11.3. The number of rotatable bonds is 1. The van der Waals surface area contributed by atoms with Gasteiger partial charge in [-0.1, -0.05) is 33.3 Å². The van der Waals surface area contributed by atoms with Gasteiger partial charge in [-0.3, -0.25) is 4.79 Å². The molecular formula is C17H26O2. The molecule has 0 N–H and O–H groups in total. The minimum Gasteiger partial charge on any atom is -0.458 e. The van der Waals surface area contributed by atoms with E-state index in [4.69, 9.17) is 4.74 Å². The number of ether oxygens (including phenoxy) is 1. The number of esters is 1. The van der Waals surface area contributed by atoms with Crippen LogP contribution in [-0.2, 0) is 9.53 Å². The molecule has 2 nitrogen and oxygen atoms in total. The highest BCUT2D eigenvalue weighted by Gasteiger charge is 2.65. The van der Waals surface area contributed by atoms with E-state index in [1.54, 1.807) is 5.57 Å². The maximum absolute atomic E-state index is 11.3. The van der Waals surface area contributed by atoms with Crippen molar-refractivity contribution < 1.29 is 9.53 Å². The summed E-state index contributed by atoms with van der Waals surface area (Å²) >= 11 is 0. The molecule has 1 spiro atoms. The summed E-state index contributed by atoms with van der Waals surface area (Å²) in [5, 5.41) is 0. The van der Waals surface area contributed by atoms with E-state index < -0.39 is 0 Å². The molecule has 0 saturated heterocycles. The van der Waals surface area contributed by atoms with Crippen LogP contribution in [0.3, 0.4) is 0 Å². The highest BCUT2D eigenvalue weighted by molar-refractivity contribution is 5.66. The fourth-order valence-electron chi connectivity index (χ4n) is 5.33. The van der Waals surface area contributed by atoms with Crippen LogP contribution in [0.15, 0.2) is 11.6 Å². The lowest BCUT2D eigenvalue weighted by Gasteiger charge is -2.52. The maximum Gasteiger partial charge on any atom is 0.303 e. The monoisotopic (exact) mass is 262 g/mol. The molecule has 3 rings (SSSR count). The first-order chi connectivity index (χ1) is 8.69. The van der Waals surface area contributed by atoms with E-state index >= 15 is 0 Å². The molecule has 106 valence electrons. The third-order valence-corrected chi connectivity index (χ3v) is 6.42. The molecule has 0 aromatic heterocycles. The Morgan fingerprint density at radius 2 is 1.95 bits per heavy atom. The second kappa shape index (κ2) is 3.65. The summed E-state index contributed by atoms with van der Waals surface area (Å²) in [5.41, 5.74) is 2.48. The van der Waals surface area contributed by atoms with Crippen molar-refractivity contribution in [2.75, 3.05) is 0 Å². The predicted octanol–water partition coefficient (Wildman–Crippen LogP) is 4.10. The standard InChI is InChI=1S/C17H26O2/c1-11(18)19-13-8-14-16(4,5)12-6-7-17(14,9-12)15(2,3)10-13/h8,12-13H,6-7,9-10H2,1-5H3/t12-,13?,17-/m0/s1. The van der Waals surface area contributed by atoms with Crippen molar-refractivity contribution >= 4 is 5.97 Å². The van der Waals surface area contributed by atoms with E-state index in [-0.39, 0.29) is 22.9 Å². The van der Waals surface area contributed by atoms with Crippen LogP contribution in [-0.4, -0.2) is 12.1 Å². The van der Waals surface area contributed by atoms with Crippen molar-refractivity contribution in [2.45, 2.75) is 66.4 Å². The Morgan fingerprint density at radius 1 is 1.26 bits per heavy atom. The van der Waals surface area contributed by atoms with E-state index in [0.29, 0.717) is 5.41 Å². The van der Waals surface area contributed by atoms with Crippen LogP contribution in [0.5, 0.6) is 0 Å². The number of fused-ring (bicyclic) bond motifs is 1. The first-order valence-electron chi connectivity index (χ1n) is 7.59. The molecule has 0 heterocycles. The summed E-state index contributed by atoms with van der Waals surface area (Å²) in [5.74, 6) is 0.656. The van der Waals surface area contributed by atoms with E-state index in [1.165, 1.54) is 26.2 Å². The lowest BCUT2D eigenvalue weighted by Crippen LogP contribution is -2.45. The molecule has 2 fully saturated rings. The third-order valence-electron chi connectivity index (χ3n) is 6.42. The van der Waals surface area contributed by atoms with Gasteiger partial charge >= 0.3 is 5.97 Å². The Morgan fingerprint density at radius 3 is 2.58 bits per heavy atom. The average molecular weight is 262 g/mol. The van der Waals surface area contributed by atoms with Crippen LogP contribution < -0.4 is 0 Å². The van der Waals surface area contributed by atoms with Gasteiger partial charge < -0.3 is 4.74 Å². The Kier molecular flexibility index (Phi) is 2.54. The van der Waals surface area contributed by atoms with Crippen LogP contribution in [0.4, 0.5) is 0 Å². The quantitative estimate of drug-likeness (QED) is 0.525. The van der Waals surface area contributed by atoms with E-state index in [0.717, 1.165) is 12.3 Å². The summed E-state index contributed by atoms with van der Waals surface area (Å²) in [6.07, 6.45) is 7.28. The molecular weight excluding hydrogens is 236 g/mol. The van der Waals surface area contributed by atoms with Crippen LogP contribution in [0.2, 0.25) is 0 Å². The molecule has 2 heteroatoms. The molecule has 0 radical (unpaired) electrons. The lowest BCUT2D eigenvalue weighted by atomic mass is 9.53. The molecule has 0 aromatic rings. The number of carbonyl (C=O) groups is 1. The second-order valence-corrected chi connectivity index (χ2v) is 8.06. The molecule has 19 heavy (non-hydrogen) atoms. The van der Waals surface area contributed by atoms with Crippen LogP contribution >= 0.6 is 0 Å². The summed E-state index contributed by atoms with van der Waals surface area (Å²) in [6.45, 7) is 11.0. The van der Waals surface area contributed by atoms with E-state index in [9.17, 15) is 4.79 Å². The third kappa shape index (κ3) is 1.58. The number of hydrogen-bond acceptors (Lipinski definition) is 2. The first-order valence-corrected chi connectivity index (χ1v) is 7.59. The van der Waals surface area contributed by atoms with Gasteiger partial charge in [-0.05, 0) is 53.9 Å². The minimum atomic E-state index is -0.158. The van der Waals surface area contributed by atoms with E-state index in [1.807, 2.05) is 0 Å². The van der Waals surface area contributed by atoms with Crippen molar-refractivity contribution in [3.63, 3.8) is 0 Å². The van der Waals surface area contributed by atoms with Crippen molar-refractivity contribution in [3.05, 3.63) is 11.6 Å². The van der Waals surface area contributed by atoms with Crippen LogP contribution in [0, 0.1) is 22.2 Å². The zero-order chi connectivity index (χ0) is 14.1. The Bertz CT molecular complexity index is 458. The Balaban J connectivity index is 2.06. The van der Waals surface area contributed by atoms with Crippen molar-refractivity contribution in [1.29, 1.82) is 0 Å². The Labute approximate surface area is 116 Å². The fourth-order valence-corrected chi connectivity index (χ4v) is 5.33. The van der Waals surface area contributed by atoms with Gasteiger partial charge in [0.15, 0.2) is 0 Å². The zero-order valence-corrected chi connectivity index (χ0v) is 12.9. The summed E-state index contributed by atoms with van der Waals surface area (Å²) in [6, 6.07) is 0. The Hall–Kier alpha value is -0.790. The molecule has 2 saturated carbocycles. The molecule has 3 aliphatic carbocycles. The average Bonchev–Trinajstić information content (AvgIpc) is 2.75. The largest absolute Gasteiger partial charge is 0.458 e. The van der Waals surface area contributed by atoms with Gasteiger partial charge in [-0.25, -0.2) is 0 Å². The van der Waals surface area contributed by atoms with Gasteiger partial charge in [0.25, 0.3) is 0 Å². The lowest BCUT2D eigenvalue weighted by molar-refractivity contribution is -0.146. The number of carbonyl (C=O) groups excluding carboxylic acids is 1. The molecule has 0 aromatic carbocycles. The van der Waals surface area contributed by atoms with Crippen molar-refractivity contribution in [3.8, 4) is 0 Å². The highest BCUT2D eigenvalue weighted by atomic mass is 16.5. The van der Waals surface area contributed by atoms with Crippen molar-refractivity contribution in [1.82, 2.24) is 0 Å². The van der Waals surface area contributed by atoms with Gasteiger partial charge in [0.1, 0.15) is 6.10 Å². The van der Waals surface area contributed by atoms with Gasteiger partial charge in [-0.2, -0.15) is 0 Å². The fraction of sp³-hybridized carbons (Fsp3) is 0.824. The normalized spacial score (nSPS) is 41.6. The minimum absolute atomic E-state index is 0.0215. The molecule has 3 atom stereocenters. The molecule has 3 aliphatic rings. The van der Waals surface area contributed by atoms with Gasteiger partial charge in [-0.15, -0.1) is 0 Å². The smallest absolute Gasteiger partial charge is 0.303 e. The summed E-state index contributed by atoms with van der Waals surface area (Å²) in [4.78, 5) is 11.3. The van der Waals surface area contributed by atoms with Crippen molar-refractivity contribution in [2.24, 2.45) is 22.2 Å². The molecule has 2 bridgehead atoms. The predicted molar refractivity (Wildman–Crippen MR) is 75.6 cm³/mol. The van der Waals surface area contributed by atoms with Gasteiger partial charge in [0.2, 0.25) is 0 Å². The SMILES string of the molecule is CC(=O)OC1C=C2C(C)(C)[C@H]3CC[C@@]2(C3)C(C)(C)C1. The van der Waals surface area contributed by atoms with E-state index in [2.05, 4.69) is 33.8 Å². The summed E-state index contributed by atoms with van der Waals surface area (Å²) < 4.78 is 5.52. The first kappa shape index (κ1) is 13.2. The topological polar surface area (TPSA) is 26.3 Å². The number of hydrogen-bond donors (Lipinski definition) is 0. The van der Waals surface area contributed by atoms with Gasteiger partial charge in [0.05, 0.1) is 0 Å². The molecule has 1 unspecified atom stereocenters. The summed E-state index contributed by atoms with van der Waals surface area (Å²) in [7, 11) is 0. The van der Waals surface area contributed by atoms with Gasteiger partial charge in [0, 0.05) is 6.92 Å². The zero-order valence-electron chi connectivity index (χ0n) is 12.9. The molecule has 0 amide bonds.